The van der Waals surface area contributed by atoms with Gasteiger partial charge >= 0.3 is 6.09 Å². The van der Waals surface area contributed by atoms with Gasteiger partial charge in [-0.2, -0.15) is 5.10 Å². The van der Waals surface area contributed by atoms with Gasteiger partial charge in [-0.15, -0.1) is 0 Å². The summed E-state index contributed by atoms with van der Waals surface area (Å²) in [5, 5.41) is 17.1. The number of alkyl carbamates (subject to hydrolysis) is 1. The second kappa shape index (κ2) is 10.1. The van der Waals surface area contributed by atoms with Crippen LogP contribution >= 0.6 is 23.2 Å². The van der Waals surface area contributed by atoms with E-state index in [2.05, 4.69) is 31.1 Å². The van der Waals surface area contributed by atoms with E-state index in [-0.39, 0.29) is 23.6 Å². The van der Waals surface area contributed by atoms with Crippen molar-refractivity contribution in [3.05, 3.63) is 57.8 Å². The Balaban J connectivity index is 1.48. The van der Waals surface area contributed by atoms with Crippen LogP contribution in [-0.4, -0.2) is 46.4 Å². The number of amides is 2. The molecule has 1 saturated carbocycles. The third kappa shape index (κ3) is 5.36. The van der Waals surface area contributed by atoms with E-state index in [0.29, 0.717) is 52.3 Å². The number of hydrogen-bond acceptors (Lipinski definition) is 6. The van der Waals surface area contributed by atoms with Crippen LogP contribution in [0.5, 0.6) is 0 Å². The number of pyridine rings is 1. The minimum absolute atomic E-state index is 0.130. The molecule has 2 atom stereocenters. The summed E-state index contributed by atoms with van der Waals surface area (Å²) in [5.41, 5.74) is 2.39. The van der Waals surface area contributed by atoms with Gasteiger partial charge in [0.2, 0.25) is 0 Å². The standard InChI is InChI=1S/C24H24Cl2N6O3/c25-14-3-5-16(18(26)11-14)17-6-7-20-29-21-12-19(31-32-21)13-2-4-15(10-13)35-24(34)28-9-1-8-27-23(33)22(17)30-20/h3,5-7,11-13,15H,1-2,4,8-10H2,(H,27,33)(H,28,34)(H2,29,30,31,32)/t13-,15+/m0/s1. The fourth-order valence-electron chi connectivity index (χ4n) is 4.46. The normalized spacial score (nSPS) is 20.6. The number of ether oxygens (including phenoxy) is 1. The lowest BCUT2D eigenvalue weighted by atomic mass is 10.0. The van der Waals surface area contributed by atoms with E-state index in [1.165, 1.54) is 0 Å². The first kappa shape index (κ1) is 23.4. The largest absolute Gasteiger partial charge is 0.446 e. The van der Waals surface area contributed by atoms with Gasteiger partial charge in [0.15, 0.2) is 5.82 Å². The number of hydrogen-bond donors (Lipinski definition) is 4. The average molecular weight is 515 g/mol. The van der Waals surface area contributed by atoms with Crippen molar-refractivity contribution in [1.29, 1.82) is 0 Å². The molecule has 1 aliphatic heterocycles. The second-order valence-corrected chi connectivity index (χ2v) is 9.47. The third-order valence-corrected chi connectivity index (χ3v) is 6.74. The van der Waals surface area contributed by atoms with Gasteiger partial charge in [-0.3, -0.25) is 9.89 Å². The SMILES string of the molecule is O=C1NCCCNC(=O)c2nc(ccc2-c2ccc(Cl)cc2Cl)Nc2cc([nH]n2)[C@H]2CC[C@H](C2)O1. The van der Waals surface area contributed by atoms with Gasteiger partial charge in [-0.1, -0.05) is 29.3 Å². The third-order valence-electron chi connectivity index (χ3n) is 6.19. The maximum atomic E-state index is 13.1. The highest BCUT2D eigenvalue weighted by atomic mass is 35.5. The van der Waals surface area contributed by atoms with E-state index in [1.807, 2.05) is 6.07 Å². The van der Waals surface area contributed by atoms with Crippen LogP contribution in [0.4, 0.5) is 16.4 Å². The van der Waals surface area contributed by atoms with E-state index in [1.54, 1.807) is 30.3 Å². The first-order chi connectivity index (χ1) is 17.0. The number of aromatic amines is 1. The highest BCUT2D eigenvalue weighted by Gasteiger charge is 2.30. The maximum absolute atomic E-state index is 13.1. The molecule has 2 amide bonds. The molecule has 3 heterocycles. The summed E-state index contributed by atoms with van der Waals surface area (Å²) in [6, 6.07) is 10.6. The molecule has 2 aromatic heterocycles. The smallest absolute Gasteiger partial charge is 0.407 e. The Labute approximate surface area is 211 Å². The van der Waals surface area contributed by atoms with E-state index >= 15 is 0 Å². The summed E-state index contributed by atoms with van der Waals surface area (Å²) < 4.78 is 5.55. The summed E-state index contributed by atoms with van der Waals surface area (Å²) in [4.78, 5) is 29.9. The van der Waals surface area contributed by atoms with E-state index in [0.717, 1.165) is 25.0 Å². The molecule has 1 aliphatic carbocycles. The number of aromatic nitrogens is 3. The van der Waals surface area contributed by atoms with Gasteiger partial charge in [-0.05, 0) is 49.9 Å². The summed E-state index contributed by atoms with van der Waals surface area (Å²) in [6.07, 6.45) is 2.41. The number of rotatable bonds is 1. The average Bonchev–Trinajstić information content (AvgIpc) is 3.48. The van der Waals surface area contributed by atoms with E-state index in [4.69, 9.17) is 27.9 Å². The molecule has 2 aliphatic rings. The molecule has 1 fully saturated rings. The van der Waals surface area contributed by atoms with Gasteiger partial charge in [0.25, 0.3) is 5.91 Å². The molecular formula is C24H24Cl2N6O3. The predicted molar refractivity (Wildman–Crippen MR) is 133 cm³/mol. The Morgan fingerprint density at radius 2 is 1.77 bits per heavy atom. The molecule has 182 valence electrons. The fraction of sp³-hybridized carbons (Fsp3) is 0.333. The monoisotopic (exact) mass is 514 g/mol. The van der Waals surface area contributed by atoms with Crippen LogP contribution in [0.15, 0.2) is 36.4 Å². The Bertz CT molecular complexity index is 1260. The number of nitrogens with one attached hydrogen (secondary N) is 4. The first-order valence-corrected chi connectivity index (χ1v) is 12.2. The molecule has 0 spiro atoms. The van der Waals surface area contributed by atoms with Crippen LogP contribution in [0, 0.1) is 0 Å². The van der Waals surface area contributed by atoms with Crippen LogP contribution in [0.25, 0.3) is 11.1 Å². The van der Waals surface area contributed by atoms with E-state index in [9.17, 15) is 9.59 Å². The molecule has 4 N–H and O–H groups in total. The number of benzene rings is 1. The van der Waals surface area contributed by atoms with Crippen molar-refractivity contribution in [3.63, 3.8) is 0 Å². The minimum atomic E-state index is -0.441. The van der Waals surface area contributed by atoms with Crippen molar-refractivity contribution in [2.45, 2.75) is 37.7 Å². The van der Waals surface area contributed by atoms with Gasteiger partial charge in [0, 0.05) is 51.9 Å². The van der Waals surface area contributed by atoms with Crippen molar-refractivity contribution < 1.29 is 14.3 Å². The van der Waals surface area contributed by atoms with E-state index < -0.39 is 6.09 Å². The molecule has 9 nitrogen and oxygen atoms in total. The lowest BCUT2D eigenvalue weighted by molar-refractivity contribution is 0.0949. The fourth-order valence-corrected chi connectivity index (χ4v) is 4.97. The summed E-state index contributed by atoms with van der Waals surface area (Å²) in [7, 11) is 0. The Morgan fingerprint density at radius 3 is 2.63 bits per heavy atom. The number of anilines is 2. The zero-order valence-electron chi connectivity index (χ0n) is 18.7. The van der Waals surface area contributed by atoms with Crippen molar-refractivity contribution in [2.75, 3.05) is 18.4 Å². The summed E-state index contributed by atoms with van der Waals surface area (Å²) >= 11 is 12.5. The Kier molecular flexibility index (Phi) is 6.79. The first-order valence-electron chi connectivity index (χ1n) is 11.5. The zero-order valence-corrected chi connectivity index (χ0v) is 20.2. The van der Waals surface area contributed by atoms with Gasteiger partial charge in [0.05, 0.1) is 0 Å². The maximum Gasteiger partial charge on any atom is 0.407 e. The zero-order chi connectivity index (χ0) is 24.4. The van der Waals surface area contributed by atoms with Crippen molar-refractivity contribution in [3.8, 4) is 11.1 Å². The van der Waals surface area contributed by atoms with Crippen LogP contribution in [0.2, 0.25) is 10.0 Å². The van der Waals surface area contributed by atoms with Gasteiger partial charge < -0.3 is 20.7 Å². The molecule has 0 radical (unpaired) electrons. The highest BCUT2D eigenvalue weighted by Crippen LogP contribution is 2.36. The second-order valence-electron chi connectivity index (χ2n) is 8.62. The number of halogens is 2. The lowest BCUT2D eigenvalue weighted by Crippen LogP contribution is -2.32. The molecule has 0 saturated heterocycles. The number of H-pyrrole nitrogens is 1. The lowest BCUT2D eigenvalue weighted by Gasteiger charge is -2.14. The van der Waals surface area contributed by atoms with Crippen LogP contribution < -0.4 is 16.0 Å². The van der Waals surface area contributed by atoms with Crippen molar-refractivity contribution >= 4 is 46.8 Å². The van der Waals surface area contributed by atoms with Gasteiger partial charge in [-0.25, -0.2) is 9.78 Å². The molecule has 0 unspecified atom stereocenters. The molecule has 6 bridgehead atoms. The Morgan fingerprint density at radius 1 is 0.943 bits per heavy atom. The molecular weight excluding hydrogens is 491 g/mol. The van der Waals surface area contributed by atoms with Crippen LogP contribution in [-0.2, 0) is 4.74 Å². The minimum Gasteiger partial charge on any atom is -0.446 e. The molecule has 11 heteroatoms. The molecule has 3 aromatic rings. The van der Waals surface area contributed by atoms with Crippen LogP contribution in [0.3, 0.4) is 0 Å². The van der Waals surface area contributed by atoms with Crippen LogP contribution in [0.1, 0.15) is 47.8 Å². The van der Waals surface area contributed by atoms with Crippen molar-refractivity contribution in [1.82, 2.24) is 25.8 Å². The highest BCUT2D eigenvalue weighted by molar-refractivity contribution is 6.36. The number of fused-ring (bicyclic) bond motifs is 7. The Hall–Kier alpha value is -3.30. The summed E-state index contributed by atoms with van der Waals surface area (Å²) in [5.74, 6) is 0.917. The topological polar surface area (TPSA) is 121 Å². The molecule has 1 aromatic carbocycles. The summed E-state index contributed by atoms with van der Waals surface area (Å²) in [6.45, 7) is 0.727. The molecule has 5 rings (SSSR count). The van der Waals surface area contributed by atoms with Gasteiger partial charge in [0.1, 0.15) is 17.6 Å². The molecule has 35 heavy (non-hydrogen) atoms. The number of nitrogens with zero attached hydrogens (tertiary/aromatic N) is 2. The number of carbonyl (C=O) groups is 2. The quantitative estimate of drug-likeness (QED) is 0.361. The number of carbonyl (C=O) groups excluding carboxylic acids is 2. The predicted octanol–water partition coefficient (Wildman–Crippen LogP) is 5.02. The van der Waals surface area contributed by atoms with Crippen molar-refractivity contribution in [2.24, 2.45) is 0 Å².